The quantitative estimate of drug-likeness (QED) is 0.681. The van der Waals surface area contributed by atoms with Gasteiger partial charge in [0.25, 0.3) is 5.69 Å². The number of non-ortho nitro benzene ring substituents is 1. The van der Waals surface area contributed by atoms with Gasteiger partial charge in [-0.15, -0.1) is 0 Å². The van der Waals surface area contributed by atoms with Gasteiger partial charge in [-0.05, 0) is 12.8 Å². The van der Waals surface area contributed by atoms with E-state index in [1.807, 2.05) is 0 Å². The molecule has 1 saturated carbocycles. The van der Waals surface area contributed by atoms with E-state index in [1.165, 1.54) is 12.1 Å². The number of ether oxygens (including phenoxy) is 1. The Morgan fingerprint density at radius 2 is 1.84 bits per heavy atom. The first-order valence-corrected chi connectivity index (χ1v) is 6.72. The molecular weight excluding hydrogens is 291 g/mol. The second kappa shape index (κ2) is 5.53. The Morgan fingerprint density at radius 3 is 2.32 bits per heavy atom. The van der Waals surface area contributed by atoms with Crippen LogP contribution in [0.15, 0.2) is 12.1 Å². The van der Waals surface area contributed by atoms with Crippen LogP contribution in [0.25, 0.3) is 0 Å². The highest BCUT2D eigenvalue weighted by Gasteiger charge is 2.30. The largest absolute Gasteiger partial charge is 0.489 e. The highest BCUT2D eigenvalue weighted by molar-refractivity contribution is 6.37. The summed E-state index contributed by atoms with van der Waals surface area (Å²) < 4.78 is 5.58. The summed E-state index contributed by atoms with van der Waals surface area (Å²) in [7, 11) is 0. The van der Waals surface area contributed by atoms with Crippen molar-refractivity contribution in [2.75, 3.05) is 6.61 Å². The molecule has 5 nitrogen and oxygen atoms in total. The van der Waals surface area contributed by atoms with Gasteiger partial charge in [-0.25, -0.2) is 0 Å². The summed E-state index contributed by atoms with van der Waals surface area (Å²) in [6.07, 6.45) is 3.97. The number of nitro benzene ring substituents is 1. The summed E-state index contributed by atoms with van der Waals surface area (Å²) in [5.41, 5.74) is 5.65. The molecule has 0 amide bonds. The SMILES string of the molecule is NC1(COc2c(Cl)cc([N+](=O)[O-])cc2Cl)CCCC1. The Hall–Kier alpha value is -1.04. The molecule has 1 aromatic carbocycles. The van der Waals surface area contributed by atoms with Crippen molar-refractivity contribution in [1.82, 2.24) is 0 Å². The second-order valence-corrected chi connectivity index (χ2v) is 5.67. The maximum atomic E-state index is 10.7. The standard InChI is InChI=1S/C12H14Cl2N2O3/c13-9-5-8(16(17)18)6-10(14)11(9)19-7-12(15)3-1-2-4-12/h5-6H,1-4,7,15H2. The number of nitrogens with zero attached hydrogens (tertiary/aromatic N) is 1. The van der Waals surface area contributed by atoms with E-state index < -0.39 is 4.92 Å². The summed E-state index contributed by atoms with van der Waals surface area (Å²) in [5, 5.41) is 10.9. The third kappa shape index (κ3) is 3.29. The maximum Gasteiger partial charge on any atom is 0.272 e. The van der Waals surface area contributed by atoms with Gasteiger partial charge in [-0.2, -0.15) is 0 Å². The molecule has 19 heavy (non-hydrogen) atoms. The molecule has 0 atom stereocenters. The average molecular weight is 305 g/mol. The van der Waals surface area contributed by atoms with Gasteiger partial charge >= 0.3 is 0 Å². The van der Waals surface area contributed by atoms with E-state index in [0.29, 0.717) is 6.61 Å². The molecule has 0 bridgehead atoms. The summed E-state index contributed by atoms with van der Waals surface area (Å²) in [6, 6.07) is 2.45. The molecule has 0 aromatic heterocycles. The van der Waals surface area contributed by atoms with E-state index in [0.717, 1.165) is 25.7 Å². The lowest BCUT2D eigenvalue weighted by Crippen LogP contribution is -2.42. The number of hydrogen-bond acceptors (Lipinski definition) is 4. The minimum absolute atomic E-state index is 0.126. The van der Waals surface area contributed by atoms with Crippen molar-refractivity contribution >= 4 is 28.9 Å². The first kappa shape index (κ1) is 14.4. The van der Waals surface area contributed by atoms with Crippen LogP contribution in [0.4, 0.5) is 5.69 Å². The van der Waals surface area contributed by atoms with E-state index in [9.17, 15) is 10.1 Å². The predicted octanol–water partition coefficient (Wildman–Crippen LogP) is 3.55. The lowest BCUT2D eigenvalue weighted by molar-refractivity contribution is -0.384. The Morgan fingerprint density at radius 1 is 1.32 bits per heavy atom. The number of rotatable bonds is 4. The highest BCUT2D eigenvalue weighted by atomic mass is 35.5. The van der Waals surface area contributed by atoms with Gasteiger partial charge in [0.2, 0.25) is 0 Å². The molecule has 1 aromatic rings. The number of nitrogens with two attached hydrogens (primary N) is 1. The molecule has 0 saturated heterocycles. The fourth-order valence-corrected chi connectivity index (χ4v) is 2.81. The van der Waals surface area contributed by atoms with Crippen molar-refractivity contribution in [3.8, 4) is 5.75 Å². The zero-order chi connectivity index (χ0) is 14.0. The van der Waals surface area contributed by atoms with Gasteiger partial charge in [0.05, 0.1) is 20.5 Å². The number of nitro groups is 1. The van der Waals surface area contributed by atoms with Gasteiger partial charge in [0.15, 0.2) is 5.75 Å². The van der Waals surface area contributed by atoms with E-state index in [2.05, 4.69) is 0 Å². The molecule has 1 aliphatic carbocycles. The van der Waals surface area contributed by atoms with Crippen LogP contribution in [0, 0.1) is 10.1 Å². The van der Waals surface area contributed by atoms with Crippen LogP contribution in [0.5, 0.6) is 5.75 Å². The zero-order valence-corrected chi connectivity index (χ0v) is 11.7. The van der Waals surface area contributed by atoms with Crippen molar-refractivity contribution < 1.29 is 9.66 Å². The van der Waals surface area contributed by atoms with Crippen LogP contribution in [-0.2, 0) is 0 Å². The Balaban J connectivity index is 2.14. The molecule has 0 radical (unpaired) electrons. The van der Waals surface area contributed by atoms with Gasteiger partial charge < -0.3 is 10.5 Å². The number of benzene rings is 1. The van der Waals surface area contributed by atoms with Crippen LogP contribution < -0.4 is 10.5 Å². The molecule has 0 heterocycles. The maximum absolute atomic E-state index is 10.7. The van der Waals surface area contributed by atoms with Gasteiger partial charge in [-0.1, -0.05) is 36.0 Å². The van der Waals surface area contributed by atoms with Gasteiger partial charge in [0, 0.05) is 12.1 Å². The zero-order valence-electron chi connectivity index (χ0n) is 10.2. The molecule has 0 aliphatic heterocycles. The first-order chi connectivity index (χ1) is 8.91. The minimum Gasteiger partial charge on any atom is -0.489 e. The molecule has 104 valence electrons. The van der Waals surface area contributed by atoms with Crippen molar-refractivity contribution in [1.29, 1.82) is 0 Å². The monoisotopic (exact) mass is 304 g/mol. The van der Waals surface area contributed by atoms with E-state index in [1.54, 1.807) is 0 Å². The molecule has 7 heteroatoms. The molecule has 1 aliphatic rings. The lowest BCUT2D eigenvalue weighted by atomic mass is 10.0. The van der Waals surface area contributed by atoms with Crippen molar-refractivity contribution in [2.24, 2.45) is 5.73 Å². The summed E-state index contributed by atoms with van der Waals surface area (Å²) in [5.74, 6) is 0.255. The molecule has 2 rings (SSSR count). The van der Waals surface area contributed by atoms with Crippen LogP contribution in [0.1, 0.15) is 25.7 Å². The lowest BCUT2D eigenvalue weighted by Gasteiger charge is -2.24. The van der Waals surface area contributed by atoms with E-state index in [-0.39, 0.29) is 27.0 Å². The summed E-state index contributed by atoms with van der Waals surface area (Å²) in [4.78, 5) is 10.1. The number of halogens is 2. The van der Waals surface area contributed by atoms with Crippen LogP contribution in [0.3, 0.4) is 0 Å². The highest BCUT2D eigenvalue weighted by Crippen LogP contribution is 2.38. The molecule has 1 fully saturated rings. The summed E-state index contributed by atoms with van der Waals surface area (Å²) in [6.45, 7) is 0.310. The Kier molecular flexibility index (Phi) is 4.18. The molecule has 2 N–H and O–H groups in total. The van der Waals surface area contributed by atoms with Crippen LogP contribution >= 0.6 is 23.2 Å². The van der Waals surface area contributed by atoms with Crippen molar-refractivity contribution in [3.63, 3.8) is 0 Å². The fourth-order valence-electron chi connectivity index (χ4n) is 2.23. The molecule has 0 spiro atoms. The topological polar surface area (TPSA) is 78.4 Å². The van der Waals surface area contributed by atoms with Gasteiger partial charge in [0.1, 0.15) is 6.61 Å². The van der Waals surface area contributed by atoms with E-state index >= 15 is 0 Å². The smallest absolute Gasteiger partial charge is 0.272 e. The Labute approximate surface area is 120 Å². The van der Waals surface area contributed by atoms with Crippen LogP contribution in [0.2, 0.25) is 10.0 Å². The number of hydrogen-bond donors (Lipinski definition) is 1. The van der Waals surface area contributed by atoms with Crippen LogP contribution in [-0.4, -0.2) is 17.1 Å². The molecule has 0 unspecified atom stereocenters. The summed E-state index contributed by atoms with van der Waals surface area (Å²) >= 11 is 11.9. The average Bonchev–Trinajstić information content (AvgIpc) is 2.75. The first-order valence-electron chi connectivity index (χ1n) is 5.96. The minimum atomic E-state index is -0.553. The van der Waals surface area contributed by atoms with Gasteiger partial charge in [-0.3, -0.25) is 10.1 Å². The third-order valence-corrected chi connectivity index (χ3v) is 3.86. The van der Waals surface area contributed by atoms with Crippen molar-refractivity contribution in [3.05, 3.63) is 32.3 Å². The fraction of sp³-hybridized carbons (Fsp3) is 0.500. The molecular formula is C12H14Cl2N2O3. The predicted molar refractivity (Wildman–Crippen MR) is 74.0 cm³/mol. The van der Waals surface area contributed by atoms with Crippen molar-refractivity contribution in [2.45, 2.75) is 31.2 Å². The Bertz CT molecular complexity index is 479. The van der Waals surface area contributed by atoms with E-state index in [4.69, 9.17) is 33.7 Å². The third-order valence-electron chi connectivity index (χ3n) is 3.30. The second-order valence-electron chi connectivity index (χ2n) is 4.85. The normalized spacial score (nSPS) is 17.4.